The number of allylic oxidation sites excluding steroid dienone is 4. The summed E-state index contributed by atoms with van der Waals surface area (Å²) in [6, 6.07) is 0.784. The van der Waals surface area contributed by atoms with Crippen molar-refractivity contribution in [3.63, 3.8) is 0 Å². The maximum absolute atomic E-state index is 13.0. The molecule has 0 radical (unpaired) electrons. The van der Waals surface area contributed by atoms with Gasteiger partial charge in [-0.25, -0.2) is 9.67 Å². The number of carbonyl (C=O) groups is 1. The lowest BCUT2D eigenvalue weighted by atomic mass is 9.97. The van der Waals surface area contributed by atoms with Crippen LogP contribution in [0.4, 0.5) is 0 Å². The Hall–Kier alpha value is -2.25. The van der Waals surface area contributed by atoms with Gasteiger partial charge in [0.05, 0.1) is 11.9 Å². The monoisotopic (exact) mass is 411 g/mol. The van der Waals surface area contributed by atoms with Gasteiger partial charge in [0.2, 0.25) is 0 Å². The normalized spacial score (nSPS) is 22.5. The van der Waals surface area contributed by atoms with Crippen LogP contribution in [0.15, 0.2) is 36.0 Å². The van der Waals surface area contributed by atoms with Gasteiger partial charge in [-0.15, -0.1) is 11.3 Å². The molecule has 154 valence electrons. The van der Waals surface area contributed by atoms with Gasteiger partial charge < -0.3 is 9.80 Å². The lowest BCUT2D eigenvalue weighted by Gasteiger charge is -2.40. The first kappa shape index (κ1) is 20.0. The molecule has 2 atom stereocenters. The van der Waals surface area contributed by atoms with Crippen LogP contribution in [-0.2, 0) is 0 Å². The highest BCUT2D eigenvalue weighted by molar-refractivity contribution is 7.13. The van der Waals surface area contributed by atoms with Crippen molar-refractivity contribution in [3.8, 4) is 10.6 Å². The van der Waals surface area contributed by atoms with Gasteiger partial charge in [0.15, 0.2) is 0 Å². The molecule has 2 aromatic heterocycles. The van der Waals surface area contributed by atoms with E-state index in [0.29, 0.717) is 11.7 Å². The smallest absolute Gasteiger partial charge is 0.273 e. The minimum Gasteiger partial charge on any atom is -0.337 e. The van der Waals surface area contributed by atoms with Crippen LogP contribution in [0.1, 0.15) is 50.0 Å². The molecule has 4 rings (SSSR count). The fourth-order valence-corrected chi connectivity index (χ4v) is 4.98. The predicted octanol–water partition coefficient (Wildman–Crippen LogP) is 4.14. The van der Waals surface area contributed by atoms with E-state index in [9.17, 15) is 4.79 Å². The summed E-state index contributed by atoms with van der Waals surface area (Å²) < 4.78 is 1.88. The number of aromatic nitrogens is 3. The van der Waals surface area contributed by atoms with Gasteiger partial charge in [-0.1, -0.05) is 19.1 Å². The van der Waals surface area contributed by atoms with Gasteiger partial charge in [-0.2, -0.15) is 5.10 Å². The Labute approximate surface area is 176 Å². The van der Waals surface area contributed by atoms with E-state index in [2.05, 4.69) is 47.1 Å². The second-order valence-corrected chi connectivity index (χ2v) is 8.75. The molecular formula is C22H29N5OS. The summed E-state index contributed by atoms with van der Waals surface area (Å²) in [5, 5.41) is 7.17. The van der Waals surface area contributed by atoms with E-state index in [0.717, 1.165) is 55.0 Å². The quantitative estimate of drug-likeness (QED) is 0.742. The zero-order valence-electron chi connectivity index (χ0n) is 17.4. The Morgan fingerprint density at radius 1 is 1.38 bits per heavy atom. The van der Waals surface area contributed by atoms with Gasteiger partial charge in [0.1, 0.15) is 10.7 Å². The summed E-state index contributed by atoms with van der Waals surface area (Å²) in [4.78, 5) is 22.0. The Balaban J connectivity index is 1.45. The van der Waals surface area contributed by atoms with Crippen molar-refractivity contribution < 1.29 is 4.79 Å². The van der Waals surface area contributed by atoms with Gasteiger partial charge >= 0.3 is 0 Å². The summed E-state index contributed by atoms with van der Waals surface area (Å²) in [5.41, 5.74) is 2.56. The molecule has 0 saturated carbocycles. The Bertz CT molecular complexity index is 927. The van der Waals surface area contributed by atoms with Crippen LogP contribution in [0.2, 0.25) is 0 Å². The molecule has 1 aliphatic carbocycles. The number of carbonyl (C=O) groups excluding carboxylic acids is 1. The second kappa shape index (κ2) is 8.63. The van der Waals surface area contributed by atoms with Crippen LogP contribution in [0.5, 0.6) is 0 Å². The Morgan fingerprint density at radius 3 is 2.97 bits per heavy atom. The number of likely N-dealkylation sites (tertiary alicyclic amines) is 1. The maximum atomic E-state index is 13.0. The number of hydrogen-bond donors (Lipinski definition) is 0. The number of hydrogen-bond acceptors (Lipinski definition) is 5. The third-order valence-corrected chi connectivity index (χ3v) is 6.94. The van der Waals surface area contributed by atoms with Crippen molar-refractivity contribution in [2.24, 2.45) is 0 Å². The molecule has 1 fully saturated rings. The van der Waals surface area contributed by atoms with E-state index in [1.54, 1.807) is 0 Å². The zero-order chi connectivity index (χ0) is 20.4. The summed E-state index contributed by atoms with van der Waals surface area (Å²) in [5.74, 6) is 0.0139. The number of amides is 1. The van der Waals surface area contributed by atoms with E-state index in [-0.39, 0.29) is 11.9 Å². The Morgan fingerprint density at radius 2 is 2.24 bits per heavy atom. The average Bonchev–Trinajstić information content (AvgIpc) is 3.43. The number of piperidine rings is 1. The average molecular weight is 412 g/mol. The van der Waals surface area contributed by atoms with Crippen LogP contribution in [0.25, 0.3) is 16.3 Å². The molecule has 6 nitrogen and oxygen atoms in total. The van der Waals surface area contributed by atoms with Crippen LogP contribution in [0, 0.1) is 0 Å². The van der Waals surface area contributed by atoms with Crippen molar-refractivity contribution in [1.29, 1.82) is 0 Å². The maximum Gasteiger partial charge on any atom is 0.273 e. The topological polar surface area (TPSA) is 54.3 Å². The van der Waals surface area contributed by atoms with Crippen molar-refractivity contribution >= 4 is 22.9 Å². The molecule has 2 aliphatic rings. The van der Waals surface area contributed by atoms with E-state index in [1.807, 2.05) is 34.4 Å². The van der Waals surface area contributed by atoms with Gasteiger partial charge in [0, 0.05) is 42.8 Å². The minimum absolute atomic E-state index is 0.0139. The van der Waals surface area contributed by atoms with Gasteiger partial charge in [-0.3, -0.25) is 4.79 Å². The molecule has 29 heavy (non-hydrogen) atoms. The molecule has 1 unspecified atom stereocenters. The highest BCUT2D eigenvalue weighted by atomic mass is 32.1. The van der Waals surface area contributed by atoms with E-state index in [4.69, 9.17) is 0 Å². The largest absolute Gasteiger partial charge is 0.337 e. The molecule has 1 amide bonds. The SMILES string of the molecule is CCN1CCC(N(C)C(=O)c2csc(-c3cnn(C4=CCCC=C4)c3)n2)C[C@@H]1C. The highest BCUT2D eigenvalue weighted by Gasteiger charge is 2.30. The predicted molar refractivity (Wildman–Crippen MR) is 118 cm³/mol. The summed E-state index contributed by atoms with van der Waals surface area (Å²) >= 11 is 1.50. The lowest BCUT2D eigenvalue weighted by molar-refractivity contribution is 0.0561. The van der Waals surface area contributed by atoms with Gasteiger partial charge in [0.25, 0.3) is 5.91 Å². The van der Waals surface area contributed by atoms with Gasteiger partial charge in [-0.05, 0) is 45.2 Å². The molecule has 2 aromatic rings. The first-order valence-corrected chi connectivity index (χ1v) is 11.3. The molecule has 7 heteroatoms. The second-order valence-electron chi connectivity index (χ2n) is 7.89. The van der Waals surface area contributed by atoms with Crippen LogP contribution in [-0.4, -0.2) is 62.7 Å². The van der Waals surface area contributed by atoms with Crippen LogP contribution < -0.4 is 0 Å². The molecular weight excluding hydrogens is 382 g/mol. The van der Waals surface area contributed by atoms with Crippen molar-refractivity contribution in [2.45, 2.75) is 51.6 Å². The molecule has 1 saturated heterocycles. The molecule has 0 N–H and O–H groups in total. The number of thiazole rings is 1. The fraction of sp³-hybridized carbons (Fsp3) is 0.500. The summed E-state index contributed by atoms with van der Waals surface area (Å²) in [6.07, 6.45) is 14.4. The fourth-order valence-electron chi connectivity index (χ4n) is 4.21. The van der Waals surface area contributed by atoms with Crippen LogP contribution >= 0.6 is 11.3 Å². The molecule has 0 spiro atoms. The Kier molecular flexibility index (Phi) is 5.96. The van der Waals surface area contributed by atoms with Crippen molar-refractivity contribution in [1.82, 2.24) is 24.6 Å². The van der Waals surface area contributed by atoms with Crippen LogP contribution in [0.3, 0.4) is 0 Å². The molecule has 3 heterocycles. The number of nitrogens with zero attached hydrogens (tertiary/aromatic N) is 5. The van der Waals surface area contributed by atoms with Crippen molar-refractivity contribution in [2.75, 3.05) is 20.1 Å². The molecule has 0 aromatic carbocycles. The lowest BCUT2D eigenvalue weighted by Crippen LogP contribution is -2.49. The van der Waals surface area contributed by atoms with E-state index < -0.39 is 0 Å². The first-order valence-electron chi connectivity index (χ1n) is 10.5. The van der Waals surface area contributed by atoms with E-state index >= 15 is 0 Å². The number of rotatable bonds is 5. The third kappa shape index (κ3) is 4.21. The van der Waals surface area contributed by atoms with Crippen molar-refractivity contribution in [3.05, 3.63) is 41.7 Å². The molecule has 0 bridgehead atoms. The summed E-state index contributed by atoms with van der Waals surface area (Å²) in [7, 11) is 1.92. The zero-order valence-corrected chi connectivity index (χ0v) is 18.2. The minimum atomic E-state index is 0.0139. The molecule has 1 aliphatic heterocycles. The highest BCUT2D eigenvalue weighted by Crippen LogP contribution is 2.27. The standard InChI is InChI=1S/C22H29N5OS/c1-4-26-11-10-19(12-16(26)2)25(3)22(28)20-15-29-21(24-20)17-13-23-27(14-17)18-8-6-5-7-9-18/h6,8-9,13-16,19H,4-5,7,10-12H2,1-3H3/t16-,19?/m0/s1. The first-order chi connectivity index (χ1) is 14.1. The summed E-state index contributed by atoms with van der Waals surface area (Å²) in [6.45, 7) is 6.57. The van der Waals surface area contributed by atoms with E-state index in [1.165, 1.54) is 11.3 Å². The third-order valence-electron chi connectivity index (χ3n) is 6.05.